The first-order valence-electron chi connectivity index (χ1n) is 7.42. The molecule has 0 saturated heterocycles. The van der Waals surface area contributed by atoms with E-state index in [1.165, 1.54) is 0 Å². The topological polar surface area (TPSA) is 49.8 Å². The van der Waals surface area contributed by atoms with Crippen molar-refractivity contribution >= 4 is 0 Å². The third kappa shape index (κ3) is 2.54. The molecule has 114 valence electrons. The molecular formula is C17H17NO4. The number of pyridine rings is 1. The number of hydrogen-bond acceptors (Lipinski definition) is 5. The second kappa shape index (κ2) is 5.40. The highest BCUT2D eigenvalue weighted by Crippen LogP contribution is 2.33. The molecule has 2 aliphatic heterocycles. The van der Waals surface area contributed by atoms with Gasteiger partial charge in [-0.1, -0.05) is 6.07 Å². The van der Waals surface area contributed by atoms with Gasteiger partial charge in [0.2, 0.25) is 0 Å². The van der Waals surface area contributed by atoms with Gasteiger partial charge in [-0.25, -0.2) is 4.98 Å². The van der Waals surface area contributed by atoms with Gasteiger partial charge in [0.25, 0.3) is 5.88 Å². The number of benzene rings is 1. The van der Waals surface area contributed by atoms with Crippen LogP contribution in [0.1, 0.15) is 11.1 Å². The van der Waals surface area contributed by atoms with Gasteiger partial charge in [0, 0.05) is 12.6 Å². The van der Waals surface area contributed by atoms with Gasteiger partial charge in [-0.3, -0.25) is 0 Å². The van der Waals surface area contributed by atoms with Crippen LogP contribution in [0.15, 0.2) is 30.5 Å². The molecule has 0 spiro atoms. The number of hydrogen-bond donors (Lipinski definition) is 0. The van der Waals surface area contributed by atoms with Crippen molar-refractivity contribution in [3.8, 4) is 23.1 Å². The maximum Gasteiger partial charge on any atom is 0.257 e. The normalized spacial score (nSPS) is 18.9. The molecule has 3 heterocycles. The first kappa shape index (κ1) is 13.2. The van der Waals surface area contributed by atoms with E-state index in [0.29, 0.717) is 31.5 Å². The summed E-state index contributed by atoms with van der Waals surface area (Å²) >= 11 is 0. The molecule has 0 amide bonds. The summed E-state index contributed by atoms with van der Waals surface area (Å²) in [5.74, 6) is 2.90. The fourth-order valence-electron chi connectivity index (χ4n) is 2.69. The summed E-state index contributed by atoms with van der Waals surface area (Å²) in [5.41, 5.74) is 2.20. The molecular weight excluding hydrogens is 282 g/mol. The second-order valence-corrected chi connectivity index (χ2v) is 5.55. The SMILES string of the molecule is Cc1cnc2c(c1)OC(Cc1ccc3c(c1)OCCO3)CO2. The third-order valence-corrected chi connectivity index (χ3v) is 3.72. The van der Waals surface area contributed by atoms with Crippen LogP contribution in [0.2, 0.25) is 0 Å². The summed E-state index contributed by atoms with van der Waals surface area (Å²) in [6.07, 6.45) is 2.51. The minimum atomic E-state index is -0.0290. The molecule has 2 aromatic rings. The average Bonchev–Trinajstić information content (AvgIpc) is 2.54. The Morgan fingerprint density at radius 3 is 2.82 bits per heavy atom. The lowest BCUT2D eigenvalue weighted by molar-refractivity contribution is 0.0862. The summed E-state index contributed by atoms with van der Waals surface area (Å²) in [6, 6.07) is 7.97. The van der Waals surface area contributed by atoms with E-state index in [-0.39, 0.29) is 6.10 Å². The molecule has 0 bridgehead atoms. The van der Waals surface area contributed by atoms with E-state index >= 15 is 0 Å². The lowest BCUT2D eigenvalue weighted by Crippen LogP contribution is -2.31. The number of aryl methyl sites for hydroxylation is 1. The Balaban J connectivity index is 1.50. The number of nitrogens with zero attached hydrogens (tertiary/aromatic N) is 1. The summed E-state index contributed by atoms with van der Waals surface area (Å²) in [5, 5.41) is 0. The van der Waals surface area contributed by atoms with Gasteiger partial charge >= 0.3 is 0 Å². The molecule has 0 N–H and O–H groups in total. The van der Waals surface area contributed by atoms with Crippen molar-refractivity contribution in [3.05, 3.63) is 41.6 Å². The van der Waals surface area contributed by atoms with E-state index in [1.54, 1.807) is 6.20 Å². The van der Waals surface area contributed by atoms with Crippen LogP contribution in [0.5, 0.6) is 23.1 Å². The molecule has 5 nitrogen and oxygen atoms in total. The van der Waals surface area contributed by atoms with Gasteiger partial charge in [0.15, 0.2) is 17.2 Å². The van der Waals surface area contributed by atoms with Crippen molar-refractivity contribution in [2.75, 3.05) is 19.8 Å². The largest absolute Gasteiger partial charge is 0.486 e. The van der Waals surface area contributed by atoms with Crippen molar-refractivity contribution in [2.45, 2.75) is 19.4 Å². The van der Waals surface area contributed by atoms with Crippen molar-refractivity contribution < 1.29 is 18.9 Å². The molecule has 1 aromatic carbocycles. The van der Waals surface area contributed by atoms with Crippen LogP contribution in [0.3, 0.4) is 0 Å². The number of ether oxygens (including phenoxy) is 4. The van der Waals surface area contributed by atoms with Crippen LogP contribution in [0.4, 0.5) is 0 Å². The fraction of sp³-hybridized carbons (Fsp3) is 0.353. The van der Waals surface area contributed by atoms with Gasteiger partial charge in [-0.05, 0) is 36.2 Å². The van der Waals surface area contributed by atoms with Gasteiger partial charge < -0.3 is 18.9 Å². The predicted molar refractivity (Wildman–Crippen MR) is 80.0 cm³/mol. The predicted octanol–water partition coefficient (Wildman–Crippen LogP) is 2.54. The Kier molecular flexibility index (Phi) is 3.25. The Bertz CT molecular complexity index is 701. The molecule has 0 saturated carbocycles. The number of rotatable bonds is 2. The van der Waals surface area contributed by atoms with E-state index < -0.39 is 0 Å². The smallest absolute Gasteiger partial charge is 0.257 e. The van der Waals surface area contributed by atoms with E-state index in [4.69, 9.17) is 18.9 Å². The summed E-state index contributed by atoms with van der Waals surface area (Å²) in [4.78, 5) is 4.23. The highest BCUT2D eigenvalue weighted by molar-refractivity contribution is 5.44. The van der Waals surface area contributed by atoms with Gasteiger partial charge in [-0.2, -0.15) is 0 Å². The molecule has 2 aliphatic rings. The zero-order chi connectivity index (χ0) is 14.9. The molecule has 22 heavy (non-hydrogen) atoms. The van der Waals surface area contributed by atoms with E-state index in [9.17, 15) is 0 Å². The van der Waals surface area contributed by atoms with E-state index in [0.717, 1.165) is 29.0 Å². The van der Waals surface area contributed by atoms with Gasteiger partial charge in [0.05, 0.1) is 0 Å². The first-order valence-corrected chi connectivity index (χ1v) is 7.42. The molecule has 5 heteroatoms. The van der Waals surface area contributed by atoms with Crippen molar-refractivity contribution in [1.82, 2.24) is 4.98 Å². The van der Waals surface area contributed by atoms with Gasteiger partial charge in [0.1, 0.15) is 25.9 Å². The maximum absolute atomic E-state index is 6.00. The van der Waals surface area contributed by atoms with Crippen LogP contribution in [-0.2, 0) is 6.42 Å². The molecule has 1 atom stereocenters. The molecule has 4 rings (SSSR count). The summed E-state index contributed by atoms with van der Waals surface area (Å²) < 4.78 is 22.8. The highest BCUT2D eigenvalue weighted by atomic mass is 16.6. The van der Waals surface area contributed by atoms with E-state index in [2.05, 4.69) is 4.98 Å². The van der Waals surface area contributed by atoms with Crippen LogP contribution in [-0.4, -0.2) is 30.9 Å². The lowest BCUT2D eigenvalue weighted by atomic mass is 10.1. The summed E-state index contributed by atoms with van der Waals surface area (Å²) in [7, 11) is 0. The zero-order valence-corrected chi connectivity index (χ0v) is 12.4. The summed E-state index contributed by atoms with van der Waals surface area (Å²) in [6.45, 7) is 3.69. The fourth-order valence-corrected chi connectivity index (χ4v) is 2.69. The monoisotopic (exact) mass is 299 g/mol. The van der Waals surface area contributed by atoms with Crippen LogP contribution < -0.4 is 18.9 Å². The van der Waals surface area contributed by atoms with Crippen molar-refractivity contribution in [2.24, 2.45) is 0 Å². The minimum absolute atomic E-state index is 0.0290. The minimum Gasteiger partial charge on any atom is -0.486 e. The highest BCUT2D eigenvalue weighted by Gasteiger charge is 2.23. The first-order chi connectivity index (χ1) is 10.8. The van der Waals surface area contributed by atoms with Crippen molar-refractivity contribution in [3.63, 3.8) is 0 Å². The molecule has 0 radical (unpaired) electrons. The van der Waals surface area contributed by atoms with Crippen LogP contribution in [0.25, 0.3) is 0 Å². The van der Waals surface area contributed by atoms with E-state index in [1.807, 2.05) is 31.2 Å². The zero-order valence-electron chi connectivity index (χ0n) is 12.4. The Morgan fingerprint density at radius 2 is 1.91 bits per heavy atom. The van der Waals surface area contributed by atoms with Crippen molar-refractivity contribution in [1.29, 1.82) is 0 Å². The molecule has 0 aliphatic carbocycles. The maximum atomic E-state index is 6.00. The number of aromatic nitrogens is 1. The van der Waals surface area contributed by atoms with Crippen LogP contribution in [0, 0.1) is 6.92 Å². The quantitative estimate of drug-likeness (QED) is 0.853. The Labute approximate surface area is 128 Å². The number of fused-ring (bicyclic) bond motifs is 2. The van der Waals surface area contributed by atoms with Crippen LogP contribution >= 0.6 is 0 Å². The average molecular weight is 299 g/mol. The molecule has 1 unspecified atom stereocenters. The Morgan fingerprint density at radius 1 is 1.05 bits per heavy atom. The molecule has 1 aromatic heterocycles. The third-order valence-electron chi connectivity index (χ3n) is 3.72. The van der Waals surface area contributed by atoms with Gasteiger partial charge in [-0.15, -0.1) is 0 Å². The molecule has 0 fully saturated rings. The second-order valence-electron chi connectivity index (χ2n) is 5.55. The standard InChI is InChI=1S/C17H17NO4/c1-11-6-16-17(18-9-11)21-10-13(22-16)7-12-2-3-14-15(8-12)20-5-4-19-14/h2-3,6,8-9,13H,4-5,7,10H2,1H3. The Hall–Kier alpha value is -2.43. The lowest BCUT2D eigenvalue weighted by Gasteiger charge is -2.26.